The van der Waals surface area contributed by atoms with Gasteiger partial charge in [-0.25, -0.2) is 4.98 Å². The van der Waals surface area contributed by atoms with E-state index >= 15 is 0 Å². The zero-order valence-electron chi connectivity index (χ0n) is 27.0. The predicted molar refractivity (Wildman–Crippen MR) is 197 cm³/mol. The normalized spacial score (nSPS) is 21.5. The number of para-hydroxylation sites is 1. The summed E-state index contributed by atoms with van der Waals surface area (Å²) in [6.07, 6.45) is 4.94. The van der Waals surface area contributed by atoms with Crippen molar-refractivity contribution < 1.29 is 4.74 Å². The first-order valence-corrected chi connectivity index (χ1v) is 17.4. The van der Waals surface area contributed by atoms with Gasteiger partial charge >= 0.3 is 0 Å². The molecule has 0 saturated heterocycles. The summed E-state index contributed by atoms with van der Waals surface area (Å²) >= 11 is 0. The summed E-state index contributed by atoms with van der Waals surface area (Å²) < 4.78 is 11.7. The molecule has 0 unspecified atom stereocenters. The molecule has 4 heterocycles. The summed E-state index contributed by atoms with van der Waals surface area (Å²) in [5.41, 5.74) is 15.7. The molecule has 2 aliphatic heterocycles. The van der Waals surface area contributed by atoms with Crippen LogP contribution in [0.5, 0.6) is 11.5 Å². The largest absolute Gasteiger partial charge is 0.458 e. The van der Waals surface area contributed by atoms with Crippen LogP contribution in [0.2, 0.25) is 0 Å². The first-order chi connectivity index (χ1) is 23.5. The average molecular weight is 618 g/mol. The van der Waals surface area contributed by atoms with Crippen molar-refractivity contribution in [3.8, 4) is 28.3 Å². The lowest BCUT2D eigenvalue weighted by atomic mass is 9.34. The van der Waals surface area contributed by atoms with Crippen molar-refractivity contribution in [3.63, 3.8) is 0 Å². The van der Waals surface area contributed by atoms with Crippen LogP contribution in [0.15, 0.2) is 109 Å². The second-order valence-corrected chi connectivity index (χ2v) is 15.3. The minimum absolute atomic E-state index is 0.0934. The Bertz CT molecular complexity index is 2730. The number of hydrogen-bond acceptors (Lipinski definition) is 2. The molecule has 2 aromatic heterocycles. The molecule has 13 rings (SSSR count). The molecule has 0 amide bonds. The van der Waals surface area contributed by atoms with Gasteiger partial charge in [-0.3, -0.25) is 8.97 Å². The van der Waals surface area contributed by atoms with E-state index in [1.807, 2.05) is 0 Å². The van der Waals surface area contributed by atoms with E-state index in [0.29, 0.717) is 0 Å². The maximum absolute atomic E-state index is 6.80. The molecule has 228 valence electrons. The molecule has 5 heteroatoms. The van der Waals surface area contributed by atoms with E-state index in [9.17, 15) is 0 Å². The Hall–Kier alpha value is -5.29. The molecule has 0 N–H and O–H groups in total. The van der Waals surface area contributed by atoms with Gasteiger partial charge in [-0.2, -0.15) is 0 Å². The summed E-state index contributed by atoms with van der Waals surface area (Å²) in [4.78, 5) is 5.80. The third kappa shape index (κ3) is 2.94. The van der Waals surface area contributed by atoms with Crippen LogP contribution < -0.4 is 21.1 Å². The molecule has 4 nitrogen and oxygen atoms in total. The minimum Gasteiger partial charge on any atom is -0.458 e. The van der Waals surface area contributed by atoms with Crippen molar-refractivity contribution in [2.45, 2.75) is 50.4 Å². The van der Waals surface area contributed by atoms with Gasteiger partial charge in [0, 0.05) is 11.1 Å². The smallest absolute Gasteiger partial charge is 0.256 e. The molecule has 8 aromatic rings. The lowest BCUT2D eigenvalue weighted by Gasteiger charge is -2.52. The monoisotopic (exact) mass is 617 g/mol. The van der Waals surface area contributed by atoms with E-state index in [1.54, 1.807) is 0 Å². The second kappa shape index (κ2) is 8.40. The third-order valence-electron chi connectivity index (χ3n) is 12.7. The number of rotatable bonds is 2. The average Bonchev–Trinajstić information content (AvgIpc) is 3.52. The summed E-state index contributed by atoms with van der Waals surface area (Å²) in [7, 11) is 0. The van der Waals surface area contributed by atoms with Crippen LogP contribution in [-0.2, 0) is 10.8 Å². The quantitative estimate of drug-likeness (QED) is 0.183. The zero-order valence-corrected chi connectivity index (χ0v) is 27.0. The van der Waals surface area contributed by atoms with Crippen LogP contribution in [0.25, 0.3) is 55.4 Å². The Labute approximate surface area is 278 Å². The maximum Gasteiger partial charge on any atom is 0.256 e. The second-order valence-electron chi connectivity index (χ2n) is 15.3. The van der Waals surface area contributed by atoms with Crippen LogP contribution >= 0.6 is 0 Å². The summed E-state index contributed by atoms with van der Waals surface area (Å²) in [6.45, 7) is 5.12. The van der Waals surface area contributed by atoms with E-state index < -0.39 is 0 Å². The van der Waals surface area contributed by atoms with Gasteiger partial charge in [-0.1, -0.05) is 92.7 Å². The number of benzene rings is 6. The summed E-state index contributed by atoms with van der Waals surface area (Å²) in [5.74, 6) is 2.91. The number of imidazole rings is 1. The lowest BCUT2D eigenvalue weighted by Crippen LogP contribution is -2.58. The highest BCUT2D eigenvalue weighted by Crippen LogP contribution is 2.58. The fourth-order valence-corrected chi connectivity index (χ4v) is 10.2. The Morgan fingerprint density at radius 2 is 1.44 bits per heavy atom. The zero-order chi connectivity index (χ0) is 31.5. The fourth-order valence-electron chi connectivity index (χ4n) is 10.2. The van der Waals surface area contributed by atoms with Crippen LogP contribution in [0.4, 0.5) is 0 Å². The number of hydrogen-bond donors (Lipinski definition) is 0. The molecule has 6 aromatic carbocycles. The predicted octanol–water partition coefficient (Wildman–Crippen LogP) is 8.29. The first kappa shape index (κ1) is 25.8. The number of nitrogens with zero attached hydrogens (tertiary/aromatic N) is 3. The third-order valence-corrected chi connectivity index (χ3v) is 12.7. The van der Waals surface area contributed by atoms with Crippen molar-refractivity contribution in [3.05, 3.63) is 120 Å². The summed E-state index contributed by atoms with van der Waals surface area (Å²) in [5, 5.41) is 2.46. The van der Waals surface area contributed by atoms with Gasteiger partial charge in [0.05, 0.1) is 22.1 Å². The van der Waals surface area contributed by atoms with Gasteiger partial charge in [0.15, 0.2) is 0 Å². The molecular formula is C43H32BN3O. The van der Waals surface area contributed by atoms with Crippen LogP contribution in [0.3, 0.4) is 0 Å². The van der Waals surface area contributed by atoms with E-state index in [2.05, 4.69) is 132 Å². The van der Waals surface area contributed by atoms with Crippen molar-refractivity contribution in [2.24, 2.45) is 0 Å². The van der Waals surface area contributed by atoms with Gasteiger partial charge < -0.3 is 4.74 Å². The minimum atomic E-state index is 0.0934. The van der Waals surface area contributed by atoms with Gasteiger partial charge in [-0.05, 0) is 111 Å². The van der Waals surface area contributed by atoms with E-state index in [0.717, 1.165) is 23.0 Å². The van der Waals surface area contributed by atoms with Crippen LogP contribution in [0, 0.1) is 0 Å². The maximum atomic E-state index is 6.80. The topological polar surface area (TPSA) is 31.5 Å². The SMILES string of the molecule is CC12CCC(C)(CC1)c1c2cc2c3c1nc1n(-c4ccc(-c5ccccc5)cc4)c4cccc5cc6c(c(c54)n31)B2c1ccccc1O6. The highest BCUT2D eigenvalue weighted by molar-refractivity contribution is 7.00. The van der Waals surface area contributed by atoms with E-state index in [-0.39, 0.29) is 17.5 Å². The Kier molecular flexibility index (Phi) is 4.51. The number of fused-ring (bicyclic) bond motifs is 5. The Morgan fingerprint density at radius 1 is 0.688 bits per heavy atom. The van der Waals surface area contributed by atoms with E-state index in [1.165, 1.54) is 97.2 Å². The molecule has 5 aliphatic rings. The fraction of sp³-hybridized carbons (Fsp3) is 0.186. The highest BCUT2D eigenvalue weighted by atomic mass is 16.5. The van der Waals surface area contributed by atoms with Gasteiger partial charge in [0.2, 0.25) is 5.78 Å². The van der Waals surface area contributed by atoms with Crippen molar-refractivity contribution >= 4 is 61.7 Å². The Morgan fingerprint density at radius 3 is 2.27 bits per heavy atom. The first-order valence-electron chi connectivity index (χ1n) is 17.4. The van der Waals surface area contributed by atoms with Gasteiger partial charge in [0.1, 0.15) is 11.5 Å². The molecule has 48 heavy (non-hydrogen) atoms. The Balaban J connectivity index is 1.28. The highest BCUT2D eigenvalue weighted by Gasteiger charge is 2.51. The van der Waals surface area contributed by atoms with Crippen molar-refractivity contribution in [1.82, 2.24) is 14.0 Å². The van der Waals surface area contributed by atoms with Gasteiger partial charge in [-0.15, -0.1) is 0 Å². The summed E-state index contributed by atoms with van der Waals surface area (Å²) in [6, 6.07) is 40.0. The molecular weight excluding hydrogens is 585 g/mol. The standard InChI is InChI=1S/C43H32BN3O/c1-42-19-21-43(2,22-20-42)36-29(42)24-31-39-38(36)45-41-46(28-17-15-26(16-18-28)25-9-4-3-5-10-25)32-13-8-11-27-23-34-37(40(35(27)32)47(39)41)44(31)30-12-6-7-14-33(30)48-34/h3-18,23-24H,19-22H2,1-2H3. The lowest BCUT2D eigenvalue weighted by molar-refractivity contribution is 0.189. The number of aromatic nitrogens is 3. The van der Waals surface area contributed by atoms with Crippen molar-refractivity contribution in [1.29, 1.82) is 0 Å². The molecule has 0 atom stereocenters. The number of ether oxygens (including phenoxy) is 1. The van der Waals surface area contributed by atoms with Crippen LogP contribution in [-0.4, -0.2) is 20.7 Å². The molecule has 1 saturated carbocycles. The van der Waals surface area contributed by atoms with E-state index in [4.69, 9.17) is 9.72 Å². The van der Waals surface area contributed by atoms with Crippen LogP contribution in [0.1, 0.15) is 50.7 Å². The molecule has 1 fully saturated rings. The molecule has 0 radical (unpaired) electrons. The molecule has 2 bridgehead atoms. The van der Waals surface area contributed by atoms with Gasteiger partial charge in [0.25, 0.3) is 6.71 Å². The van der Waals surface area contributed by atoms with Crippen molar-refractivity contribution in [2.75, 3.05) is 0 Å². The molecule has 0 spiro atoms. The molecule has 3 aliphatic carbocycles.